The van der Waals surface area contributed by atoms with Crippen LogP contribution in [0.15, 0.2) is 24.3 Å². The average molecular weight is 1420 g/mol. The molecule has 2 heterocycles. The van der Waals surface area contributed by atoms with Crippen molar-refractivity contribution >= 4 is 93.5 Å². The first-order valence-electron chi connectivity index (χ1n) is 33.7. The van der Waals surface area contributed by atoms with Gasteiger partial charge in [0.15, 0.2) is 0 Å². The van der Waals surface area contributed by atoms with Crippen molar-refractivity contribution in [2.24, 2.45) is 23.7 Å². The van der Waals surface area contributed by atoms with Gasteiger partial charge in [-0.2, -0.15) is 0 Å². The van der Waals surface area contributed by atoms with Crippen LogP contribution in [-0.2, 0) is 64.0 Å². The average Bonchev–Trinajstić information content (AvgIpc) is 0.961. The lowest BCUT2D eigenvalue weighted by atomic mass is 9.84. The van der Waals surface area contributed by atoms with E-state index >= 15 is 4.79 Å². The normalized spacial score (nSPS) is 25.3. The number of piperidine rings is 1. The molecule has 4 N–H and O–H groups in total. The Balaban J connectivity index is 1.87. The number of benzene rings is 1. The van der Waals surface area contributed by atoms with E-state index in [1.807, 2.05) is 59.7 Å². The van der Waals surface area contributed by atoms with Gasteiger partial charge in [0, 0.05) is 72.4 Å². The monoisotopic (exact) mass is 1410 g/mol. The molecule has 3 aliphatic rings. The first-order valence-corrected chi connectivity index (χ1v) is 34.8. The highest BCUT2D eigenvalue weighted by atomic mass is 127. The summed E-state index contributed by atoms with van der Waals surface area (Å²) in [6, 6.07) is -1.15. The van der Waals surface area contributed by atoms with Crippen LogP contribution in [0, 0.1) is 27.2 Å². The maximum Gasteiger partial charge on any atom is 0.246 e. The molecule has 4 rings (SSSR count). The summed E-state index contributed by atoms with van der Waals surface area (Å²) in [5.41, 5.74) is -0.983. The number of hydrogen-bond donors (Lipinski definition) is 4. The third kappa shape index (κ3) is 22.9. The van der Waals surface area contributed by atoms with E-state index in [1.54, 1.807) is 17.9 Å². The van der Waals surface area contributed by atoms with Crippen LogP contribution in [0.1, 0.15) is 171 Å². The molecular formula is C68H111IN12O12. The highest BCUT2D eigenvalue weighted by molar-refractivity contribution is 14.1. The summed E-state index contributed by atoms with van der Waals surface area (Å²) in [6.45, 7) is 15.4. The molecule has 0 bridgehead atoms. The first kappa shape index (κ1) is 79.0. The molecule has 1 aromatic rings. The molecule has 93 heavy (non-hydrogen) atoms. The maximum absolute atomic E-state index is 15.1. The van der Waals surface area contributed by atoms with Crippen LogP contribution in [-0.4, -0.2) is 240 Å². The number of unbranched alkanes of at least 4 members (excludes halogenated alkanes) is 1. The standard InChI is InChI=1S/C68H111IN12O12/c1-17-19-31-49-63(89)80(16)68(8,9)67(93)72-51(34-43(3)4)62(88)79(15)54(65(91)81-32-24-21-25-33-81)39-56(83)77(13)52(35-44(5)6)61(87)73-59(45(7)18-2)66(92)76(12)41-57(84)74(10)42-58(85)78(14)53(38-46-27-22-20-23-28-46)64(90)75(11)40-55(82)70-50(60(86)71-49)37-47-29-26-30-48(69)36-47/h26,29-30,36,43-46,49-54,59H,17-25,27-28,31-35,37-42H2,1-16H3,(H,70,82)(H,71,86)(H,72,93)(H,73,87)/t45-,49-,50-,51-,52-,53+,54-,59-/m0/s1. The Kier molecular flexibility index (Phi) is 31.5. The summed E-state index contributed by atoms with van der Waals surface area (Å²) >= 11 is 2.15. The number of nitrogens with zero attached hydrogens (tertiary/aromatic N) is 8. The molecule has 0 unspecified atom stereocenters. The van der Waals surface area contributed by atoms with E-state index < -0.39 is 151 Å². The lowest BCUT2D eigenvalue weighted by molar-refractivity contribution is -0.152. The van der Waals surface area contributed by atoms with Gasteiger partial charge in [0.05, 0.1) is 26.1 Å². The summed E-state index contributed by atoms with van der Waals surface area (Å²) < 4.78 is 0.866. The fourth-order valence-electron chi connectivity index (χ4n) is 12.3. The highest BCUT2D eigenvalue weighted by Gasteiger charge is 2.44. The second-order valence-corrected chi connectivity index (χ2v) is 29.0. The number of likely N-dealkylation sites (tertiary alicyclic amines) is 1. The number of hydrogen-bond acceptors (Lipinski definition) is 12. The largest absolute Gasteiger partial charge is 0.343 e. The van der Waals surface area contributed by atoms with Gasteiger partial charge in [-0.25, -0.2) is 0 Å². The fourth-order valence-corrected chi connectivity index (χ4v) is 12.9. The van der Waals surface area contributed by atoms with Crippen LogP contribution in [0.5, 0.6) is 0 Å². The third-order valence-corrected chi connectivity index (χ3v) is 19.6. The van der Waals surface area contributed by atoms with Crippen LogP contribution >= 0.6 is 22.6 Å². The zero-order valence-corrected chi connectivity index (χ0v) is 60.7. The van der Waals surface area contributed by atoms with Gasteiger partial charge in [-0.1, -0.05) is 112 Å². The van der Waals surface area contributed by atoms with Gasteiger partial charge in [-0.3, -0.25) is 57.5 Å². The van der Waals surface area contributed by atoms with E-state index in [4.69, 9.17) is 0 Å². The molecule has 0 radical (unpaired) electrons. The molecule has 522 valence electrons. The van der Waals surface area contributed by atoms with E-state index in [0.717, 1.165) is 47.0 Å². The summed E-state index contributed by atoms with van der Waals surface area (Å²) in [5.74, 6) is -8.25. The van der Waals surface area contributed by atoms with E-state index in [1.165, 1.54) is 92.6 Å². The molecule has 12 amide bonds. The smallest absolute Gasteiger partial charge is 0.246 e. The quantitative estimate of drug-likeness (QED) is 0.186. The minimum Gasteiger partial charge on any atom is -0.343 e. The molecular weight excluding hydrogens is 1300 g/mol. The van der Waals surface area contributed by atoms with Crippen LogP contribution in [0.25, 0.3) is 0 Å². The Bertz CT molecular complexity index is 2770. The number of amides is 12. The van der Waals surface area contributed by atoms with Crippen molar-refractivity contribution in [3.05, 3.63) is 33.4 Å². The van der Waals surface area contributed by atoms with Crippen molar-refractivity contribution in [2.75, 3.05) is 82.1 Å². The Morgan fingerprint density at radius 2 is 1.19 bits per heavy atom. The lowest BCUT2D eigenvalue weighted by Crippen LogP contribution is -2.63. The third-order valence-electron chi connectivity index (χ3n) is 19.0. The number of halogens is 1. The summed E-state index contributed by atoms with van der Waals surface area (Å²) in [5, 5.41) is 11.5. The first-order chi connectivity index (χ1) is 43.6. The zero-order valence-electron chi connectivity index (χ0n) is 58.6. The van der Waals surface area contributed by atoms with Gasteiger partial charge in [-0.05, 0) is 123 Å². The summed E-state index contributed by atoms with van der Waals surface area (Å²) in [6.07, 6.45) is 8.56. The van der Waals surface area contributed by atoms with Crippen molar-refractivity contribution in [2.45, 2.75) is 219 Å². The van der Waals surface area contributed by atoms with Gasteiger partial charge in [0.25, 0.3) is 0 Å². The molecule has 1 aliphatic carbocycles. The Morgan fingerprint density at radius 1 is 0.602 bits per heavy atom. The van der Waals surface area contributed by atoms with Gasteiger partial charge in [0.2, 0.25) is 70.9 Å². The van der Waals surface area contributed by atoms with Crippen molar-refractivity contribution in [3.8, 4) is 0 Å². The second-order valence-electron chi connectivity index (χ2n) is 27.7. The molecule has 3 fully saturated rings. The number of likely N-dealkylation sites (N-methyl/N-ethyl adjacent to an activating group) is 7. The predicted molar refractivity (Wildman–Crippen MR) is 364 cm³/mol. The van der Waals surface area contributed by atoms with Crippen LogP contribution in [0.4, 0.5) is 0 Å². The molecule has 24 nitrogen and oxygen atoms in total. The van der Waals surface area contributed by atoms with Crippen LogP contribution in [0.3, 0.4) is 0 Å². The Labute approximate surface area is 567 Å². The Morgan fingerprint density at radius 3 is 1.78 bits per heavy atom. The lowest BCUT2D eigenvalue weighted by Gasteiger charge is -2.39. The highest BCUT2D eigenvalue weighted by Crippen LogP contribution is 2.30. The summed E-state index contributed by atoms with van der Waals surface area (Å²) in [4.78, 5) is 186. The van der Waals surface area contributed by atoms with E-state index in [-0.39, 0.29) is 49.9 Å². The molecule has 2 saturated heterocycles. The second kappa shape index (κ2) is 37.0. The minimum atomic E-state index is -1.68. The van der Waals surface area contributed by atoms with Gasteiger partial charge in [-0.15, -0.1) is 0 Å². The van der Waals surface area contributed by atoms with E-state index in [2.05, 4.69) is 43.9 Å². The molecule has 8 atom stereocenters. The van der Waals surface area contributed by atoms with Crippen LogP contribution in [0.2, 0.25) is 0 Å². The van der Waals surface area contributed by atoms with Crippen LogP contribution < -0.4 is 21.3 Å². The van der Waals surface area contributed by atoms with Crippen molar-refractivity contribution in [1.82, 2.24) is 60.5 Å². The number of nitrogens with one attached hydrogen (secondary N) is 4. The van der Waals surface area contributed by atoms with Gasteiger partial charge < -0.3 is 60.5 Å². The number of carbonyl (C=O) groups is 12. The zero-order chi connectivity index (χ0) is 69.8. The van der Waals surface area contributed by atoms with E-state index in [0.29, 0.717) is 50.8 Å². The molecule has 1 aromatic carbocycles. The topological polar surface area (TPSA) is 279 Å². The van der Waals surface area contributed by atoms with Gasteiger partial charge in [0.1, 0.15) is 47.8 Å². The maximum atomic E-state index is 15.1. The minimum absolute atomic E-state index is 0.00897. The number of carbonyl (C=O) groups excluding carboxylic acids is 12. The molecule has 2 aliphatic heterocycles. The molecule has 1 saturated carbocycles. The number of rotatable bonds is 14. The molecule has 0 spiro atoms. The Hall–Kier alpha value is -6.41. The molecule has 25 heteroatoms. The van der Waals surface area contributed by atoms with Crippen molar-refractivity contribution in [1.29, 1.82) is 0 Å². The van der Waals surface area contributed by atoms with E-state index in [9.17, 15) is 52.7 Å². The SMILES string of the molecule is CCCC[C@@H]1NC(=O)[C@H](Cc2cccc(I)c2)NC(=O)CN(C)C(=O)[C@@H](CC2CCCCC2)N(C)C(=O)CN(C)C(=O)CN(C)C(=O)[C@H]([C@@H](C)CC)NC(=O)[C@H](CC(C)C)N(C)C(=O)C[C@@H](C(=O)N2CCCCC2)N(C)C(=O)[C@H](CC(C)C)NC(=O)C(C)(C)N(C)C1=O. The predicted octanol–water partition coefficient (Wildman–Crippen LogP) is 4.58. The van der Waals surface area contributed by atoms with Crippen molar-refractivity contribution in [3.63, 3.8) is 0 Å². The fraction of sp³-hybridized carbons (Fsp3) is 0.735. The van der Waals surface area contributed by atoms with Crippen molar-refractivity contribution < 1.29 is 57.5 Å². The summed E-state index contributed by atoms with van der Waals surface area (Å²) in [7, 11) is 10.0. The molecule has 0 aromatic heterocycles. The van der Waals surface area contributed by atoms with Gasteiger partial charge >= 0.3 is 0 Å².